The second-order valence-electron chi connectivity index (χ2n) is 4.21. The molecule has 80 valence electrons. The van der Waals surface area contributed by atoms with Crippen LogP contribution in [0.5, 0.6) is 0 Å². The summed E-state index contributed by atoms with van der Waals surface area (Å²) in [6, 6.07) is 5.51. The van der Waals surface area contributed by atoms with Gasteiger partial charge in [-0.2, -0.15) is 0 Å². The van der Waals surface area contributed by atoms with Crippen LogP contribution in [0.1, 0.15) is 37.2 Å². The molecule has 0 heterocycles. The minimum absolute atomic E-state index is 0.430. The minimum atomic E-state index is -1.47. The number of para-hydroxylation sites is 1. The van der Waals surface area contributed by atoms with Gasteiger partial charge < -0.3 is 15.8 Å². The fraction of sp³-hybridized carbons (Fsp3) is 0.455. The van der Waals surface area contributed by atoms with E-state index < -0.39 is 7.12 Å². The first-order valence-corrected chi connectivity index (χ1v) is 5.44. The lowest BCUT2D eigenvalue weighted by Crippen LogP contribution is -2.33. The van der Waals surface area contributed by atoms with E-state index in [1.807, 2.05) is 12.1 Å². The summed E-state index contributed by atoms with van der Waals surface area (Å²) in [6.45, 7) is 0. The Morgan fingerprint density at radius 2 is 1.87 bits per heavy atom. The predicted molar refractivity (Wildman–Crippen MR) is 61.9 cm³/mol. The molecule has 0 aliphatic heterocycles. The number of anilines is 1. The summed E-state index contributed by atoms with van der Waals surface area (Å²) >= 11 is 0. The summed E-state index contributed by atoms with van der Waals surface area (Å²) in [5.41, 5.74) is 8.01. The van der Waals surface area contributed by atoms with Crippen molar-refractivity contribution in [3.8, 4) is 0 Å². The van der Waals surface area contributed by atoms with Gasteiger partial charge in [-0.25, -0.2) is 0 Å². The van der Waals surface area contributed by atoms with Crippen LogP contribution in [0.4, 0.5) is 5.69 Å². The molecule has 1 aliphatic carbocycles. The average Bonchev–Trinajstić information content (AvgIpc) is 2.70. The van der Waals surface area contributed by atoms with Crippen LogP contribution in [0.3, 0.4) is 0 Å². The van der Waals surface area contributed by atoms with E-state index in [0.717, 1.165) is 18.4 Å². The van der Waals surface area contributed by atoms with E-state index in [0.29, 0.717) is 17.1 Å². The molecular formula is C11H16BNO2. The van der Waals surface area contributed by atoms with E-state index in [2.05, 4.69) is 0 Å². The fourth-order valence-corrected chi connectivity index (χ4v) is 2.42. The van der Waals surface area contributed by atoms with Crippen LogP contribution in [-0.2, 0) is 0 Å². The molecule has 4 heteroatoms. The zero-order chi connectivity index (χ0) is 10.8. The Balaban J connectivity index is 2.34. The van der Waals surface area contributed by atoms with Crippen LogP contribution in [0.25, 0.3) is 0 Å². The molecule has 1 aromatic rings. The van der Waals surface area contributed by atoms with Gasteiger partial charge in [-0.05, 0) is 24.3 Å². The Kier molecular flexibility index (Phi) is 2.98. The molecule has 1 fully saturated rings. The van der Waals surface area contributed by atoms with Crippen molar-refractivity contribution in [1.29, 1.82) is 0 Å². The van der Waals surface area contributed by atoms with Crippen LogP contribution in [-0.4, -0.2) is 17.2 Å². The molecule has 1 saturated carbocycles. The van der Waals surface area contributed by atoms with Gasteiger partial charge >= 0.3 is 7.12 Å². The van der Waals surface area contributed by atoms with E-state index in [9.17, 15) is 0 Å². The lowest BCUT2D eigenvalue weighted by atomic mass is 9.76. The lowest BCUT2D eigenvalue weighted by molar-refractivity contribution is 0.426. The van der Waals surface area contributed by atoms with Crippen molar-refractivity contribution >= 4 is 18.3 Å². The third-order valence-corrected chi connectivity index (χ3v) is 3.25. The minimum Gasteiger partial charge on any atom is -0.423 e. The Bertz CT molecular complexity index is 348. The first-order valence-electron chi connectivity index (χ1n) is 5.44. The monoisotopic (exact) mass is 205 g/mol. The SMILES string of the molecule is Nc1c(B(O)O)cccc1C1CCCC1. The standard InChI is InChI=1S/C11H16BNO2/c13-11-9(8-4-1-2-5-8)6-3-7-10(11)12(14)15/h3,6-8,14-15H,1-2,4-5,13H2. The van der Waals surface area contributed by atoms with Gasteiger partial charge in [0.2, 0.25) is 0 Å². The van der Waals surface area contributed by atoms with Gasteiger partial charge in [-0.3, -0.25) is 0 Å². The van der Waals surface area contributed by atoms with Gasteiger partial charge in [-0.15, -0.1) is 0 Å². The van der Waals surface area contributed by atoms with Crippen molar-refractivity contribution in [3.05, 3.63) is 23.8 Å². The smallest absolute Gasteiger partial charge is 0.423 e. The Hall–Kier alpha value is -0.995. The summed E-state index contributed by atoms with van der Waals surface area (Å²) in [5.74, 6) is 0.503. The summed E-state index contributed by atoms with van der Waals surface area (Å²) in [7, 11) is -1.47. The van der Waals surface area contributed by atoms with E-state index in [4.69, 9.17) is 15.8 Å². The molecule has 0 spiro atoms. The first-order chi connectivity index (χ1) is 7.20. The predicted octanol–water partition coefficient (Wildman–Crippen LogP) is 0.606. The largest absolute Gasteiger partial charge is 0.490 e. The average molecular weight is 205 g/mol. The summed E-state index contributed by atoms with van der Waals surface area (Å²) in [5, 5.41) is 18.3. The van der Waals surface area contributed by atoms with Gasteiger partial charge in [0.05, 0.1) is 0 Å². The molecule has 2 rings (SSSR count). The molecule has 1 aliphatic rings. The van der Waals surface area contributed by atoms with Crippen LogP contribution in [0.15, 0.2) is 18.2 Å². The zero-order valence-corrected chi connectivity index (χ0v) is 8.69. The highest BCUT2D eigenvalue weighted by Crippen LogP contribution is 2.36. The van der Waals surface area contributed by atoms with Crippen molar-refractivity contribution < 1.29 is 10.0 Å². The molecular weight excluding hydrogens is 189 g/mol. The number of nitrogens with two attached hydrogens (primary N) is 1. The maximum Gasteiger partial charge on any atom is 0.490 e. The van der Waals surface area contributed by atoms with Gasteiger partial charge in [-0.1, -0.05) is 31.0 Å². The van der Waals surface area contributed by atoms with E-state index in [-0.39, 0.29) is 0 Å². The number of hydrogen-bond acceptors (Lipinski definition) is 3. The lowest BCUT2D eigenvalue weighted by Gasteiger charge is -2.15. The number of benzene rings is 1. The quantitative estimate of drug-likeness (QED) is 0.489. The molecule has 15 heavy (non-hydrogen) atoms. The number of hydrogen-bond donors (Lipinski definition) is 3. The first kappa shape index (κ1) is 10.5. The molecule has 0 unspecified atom stereocenters. The van der Waals surface area contributed by atoms with E-state index in [1.165, 1.54) is 12.8 Å². The van der Waals surface area contributed by atoms with Gasteiger partial charge in [0.25, 0.3) is 0 Å². The third kappa shape index (κ3) is 2.01. The fourth-order valence-electron chi connectivity index (χ4n) is 2.42. The zero-order valence-electron chi connectivity index (χ0n) is 8.69. The van der Waals surface area contributed by atoms with Gasteiger partial charge in [0.15, 0.2) is 0 Å². The van der Waals surface area contributed by atoms with E-state index in [1.54, 1.807) is 6.07 Å². The molecule has 0 radical (unpaired) electrons. The second-order valence-corrected chi connectivity index (χ2v) is 4.21. The van der Waals surface area contributed by atoms with Crippen LogP contribution in [0.2, 0.25) is 0 Å². The van der Waals surface area contributed by atoms with Crippen molar-refractivity contribution in [3.63, 3.8) is 0 Å². The van der Waals surface area contributed by atoms with E-state index >= 15 is 0 Å². The van der Waals surface area contributed by atoms with Gasteiger partial charge in [0, 0.05) is 11.2 Å². The Labute approximate surface area is 90.1 Å². The molecule has 1 aromatic carbocycles. The molecule has 0 aromatic heterocycles. The highest BCUT2D eigenvalue weighted by Gasteiger charge is 2.23. The van der Waals surface area contributed by atoms with Crippen LogP contribution in [0, 0.1) is 0 Å². The molecule has 0 saturated heterocycles. The summed E-state index contributed by atoms with van der Waals surface area (Å²) in [6.07, 6.45) is 4.82. The van der Waals surface area contributed by atoms with Crippen molar-refractivity contribution in [2.45, 2.75) is 31.6 Å². The molecule has 0 atom stereocenters. The Morgan fingerprint density at radius 3 is 2.47 bits per heavy atom. The highest BCUT2D eigenvalue weighted by atomic mass is 16.4. The maximum atomic E-state index is 9.15. The molecule has 0 bridgehead atoms. The molecule has 0 amide bonds. The third-order valence-electron chi connectivity index (χ3n) is 3.25. The molecule has 3 nitrogen and oxygen atoms in total. The van der Waals surface area contributed by atoms with Crippen molar-refractivity contribution in [2.24, 2.45) is 0 Å². The second kappa shape index (κ2) is 4.25. The number of nitrogen functional groups attached to an aromatic ring is 1. The van der Waals surface area contributed by atoms with Crippen LogP contribution < -0.4 is 11.2 Å². The highest BCUT2D eigenvalue weighted by molar-refractivity contribution is 6.60. The van der Waals surface area contributed by atoms with Crippen molar-refractivity contribution in [2.75, 3.05) is 5.73 Å². The maximum absolute atomic E-state index is 9.15. The van der Waals surface area contributed by atoms with Crippen molar-refractivity contribution in [1.82, 2.24) is 0 Å². The van der Waals surface area contributed by atoms with Gasteiger partial charge in [0.1, 0.15) is 0 Å². The van der Waals surface area contributed by atoms with Crippen LogP contribution >= 0.6 is 0 Å². The Morgan fingerprint density at radius 1 is 1.20 bits per heavy atom. The summed E-state index contributed by atoms with van der Waals surface area (Å²) < 4.78 is 0. The number of rotatable bonds is 2. The topological polar surface area (TPSA) is 66.5 Å². The normalized spacial score (nSPS) is 16.9. The molecule has 4 N–H and O–H groups in total. The summed E-state index contributed by atoms with van der Waals surface area (Å²) in [4.78, 5) is 0.